The Kier molecular flexibility index (Phi) is 9.01. The van der Waals surface area contributed by atoms with Crippen LogP contribution in [-0.2, 0) is 9.53 Å². The second-order valence-corrected chi connectivity index (χ2v) is 5.47. The van der Waals surface area contributed by atoms with E-state index in [1.165, 1.54) is 10.6 Å². The summed E-state index contributed by atoms with van der Waals surface area (Å²) in [5.41, 5.74) is 3.87. The Morgan fingerprint density at radius 1 is 1.26 bits per heavy atom. The lowest BCUT2D eigenvalue weighted by Crippen LogP contribution is -2.48. The number of nitrogens with zero attached hydrogens (tertiary/aromatic N) is 1. The monoisotopic (exact) mass is 339 g/mol. The van der Waals surface area contributed by atoms with Crippen LogP contribution in [0.15, 0.2) is 24.3 Å². The van der Waals surface area contributed by atoms with Gasteiger partial charge in [0, 0.05) is 27.3 Å². The molecule has 0 bridgehead atoms. The van der Waals surface area contributed by atoms with Gasteiger partial charge in [-0.1, -0.05) is 17.7 Å². The van der Waals surface area contributed by atoms with Crippen molar-refractivity contribution in [3.8, 4) is 5.75 Å². The molecule has 7 heteroatoms. The van der Waals surface area contributed by atoms with Crippen LogP contribution in [0.1, 0.15) is 18.4 Å². The van der Waals surface area contributed by atoms with Gasteiger partial charge in [-0.2, -0.15) is 0 Å². The van der Waals surface area contributed by atoms with Crippen molar-refractivity contribution in [1.29, 1.82) is 0 Å². The Morgan fingerprint density at radius 2 is 1.96 bits per heavy atom. The average Bonchev–Trinajstić information content (AvgIpc) is 2.53. The van der Waals surface area contributed by atoms with E-state index in [0.717, 1.165) is 12.2 Å². The van der Waals surface area contributed by atoms with Gasteiger partial charge >= 0.3 is 0 Å². The number of hydrogen-bond acceptors (Lipinski definition) is 4. The lowest BCUT2D eigenvalue weighted by Gasteiger charge is -2.21. The van der Waals surface area contributed by atoms with Crippen LogP contribution < -0.4 is 15.5 Å². The summed E-state index contributed by atoms with van der Waals surface area (Å²) in [5.74, 6) is 0.604. The van der Waals surface area contributed by atoms with Gasteiger partial charge in [-0.05, 0) is 37.7 Å². The highest BCUT2D eigenvalue weighted by Crippen LogP contribution is 2.11. The fraction of sp³-hybridized carbons (Fsp3) is 0.500. The fourth-order valence-corrected chi connectivity index (χ4v) is 1.87. The molecule has 0 spiro atoms. The van der Waals surface area contributed by atoms with Crippen molar-refractivity contribution in [2.24, 2.45) is 0 Å². The minimum absolute atomic E-state index is 0.152. The van der Waals surface area contributed by atoms with Crippen molar-refractivity contribution in [2.45, 2.75) is 19.8 Å². The molecule has 0 fully saturated rings. The van der Waals surface area contributed by atoms with E-state index in [9.17, 15) is 4.79 Å². The summed E-state index contributed by atoms with van der Waals surface area (Å²) < 4.78 is 10.5. The highest BCUT2D eigenvalue weighted by molar-refractivity contribution is 7.80. The first-order valence-electron chi connectivity index (χ1n) is 7.52. The van der Waals surface area contributed by atoms with Crippen LogP contribution in [0.3, 0.4) is 0 Å². The number of benzene rings is 1. The predicted octanol–water partition coefficient (Wildman–Crippen LogP) is 1.64. The van der Waals surface area contributed by atoms with Gasteiger partial charge in [0.15, 0.2) is 5.11 Å². The standard InChI is InChI=1S/C16H25N3O3S/c1-13-5-7-14(8-6-13)22-12-9-15(20)18-19(2)16(23)17-10-4-11-21-3/h5-8H,4,9-12H2,1-3H3,(H,17,23)(H,18,20). The number of thiocarbonyl (C=S) groups is 1. The van der Waals surface area contributed by atoms with Crippen LogP contribution in [0.4, 0.5) is 0 Å². The molecular weight excluding hydrogens is 314 g/mol. The molecule has 0 aromatic heterocycles. The van der Waals surface area contributed by atoms with Gasteiger partial charge in [-0.3, -0.25) is 15.2 Å². The molecule has 0 saturated heterocycles. The zero-order valence-electron chi connectivity index (χ0n) is 13.9. The number of amides is 1. The first-order valence-corrected chi connectivity index (χ1v) is 7.93. The fourth-order valence-electron chi connectivity index (χ4n) is 1.72. The highest BCUT2D eigenvalue weighted by atomic mass is 32.1. The smallest absolute Gasteiger partial charge is 0.241 e. The molecule has 0 heterocycles. The molecule has 128 valence electrons. The zero-order valence-corrected chi connectivity index (χ0v) is 14.7. The third-order valence-electron chi connectivity index (χ3n) is 3.02. The molecule has 1 aromatic carbocycles. The molecule has 6 nitrogen and oxygen atoms in total. The number of carbonyl (C=O) groups is 1. The maximum Gasteiger partial charge on any atom is 0.241 e. The number of methoxy groups -OCH3 is 1. The van der Waals surface area contributed by atoms with E-state index in [2.05, 4.69) is 10.7 Å². The van der Waals surface area contributed by atoms with Crippen LogP contribution in [0.2, 0.25) is 0 Å². The zero-order chi connectivity index (χ0) is 17.1. The third-order valence-corrected chi connectivity index (χ3v) is 3.44. The van der Waals surface area contributed by atoms with Crippen LogP contribution in [0.5, 0.6) is 5.75 Å². The van der Waals surface area contributed by atoms with E-state index >= 15 is 0 Å². The molecular formula is C16H25N3O3S. The number of hydrogen-bond donors (Lipinski definition) is 2. The van der Waals surface area contributed by atoms with Gasteiger partial charge in [0.2, 0.25) is 5.91 Å². The van der Waals surface area contributed by atoms with E-state index in [0.29, 0.717) is 24.9 Å². The summed E-state index contributed by atoms with van der Waals surface area (Å²) in [7, 11) is 3.35. The van der Waals surface area contributed by atoms with Gasteiger partial charge in [-0.15, -0.1) is 0 Å². The second kappa shape index (κ2) is 10.8. The third kappa shape index (κ3) is 8.37. The Labute approximate surface area is 143 Å². The van der Waals surface area contributed by atoms with E-state index in [-0.39, 0.29) is 12.3 Å². The van der Waals surface area contributed by atoms with Crippen LogP contribution in [-0.4, -0.2) is 49.9 Å². The molecule has 0 atom stereocenters. The Morgan fingerprint density at radius 3 is 2.61 bits per heavy atom. The van der Waals surface area contributed by atoms with E-state index in [4.69, 9.17) is 21.7 Å². The summed E-state index contributed by atoms with van der Waals surface area (Å²) in [6, 6.07) is 7.71. The van der Waals surface area contributed by atoms with Crippen molar-refractivity contribution in [1.82, 2.24) is 15.8 Å². The number of nitrogens with one attached hydrogen (secondary N) is 2. The molecule has 0 aliphatic carbocycles. The van der Waals surface area contributed by atoms with Gasteiger partial charge in [-0.25, -0.2) is 0 Å². The van der Waals surface area contributed by atoms with Gasteiger partial charge in [0.25, 0.3) is 0 Å². The number of ether oxygens (including phenoxy) is 2. The first-order chi connectivity index (χ1) is 11.0. The van der Waals surface area contributed by atoms with Gasteiger partial charge in [0.05, 0.1) is 13.0 Å². The summed E-state index contributed by atoms with van der Waals surface area (Å²) >= 11 is 5.17. The maximum atomic E-state index is 11.8. The molecule has 0 saturated carbocycles. The molecule has 2 N–H and O–H groups in total. The van der Waals surface area contributed by atoms with Crippen LogP contribution >= 0.6 is 12.2 Å². The van der Waals surface area contributed by atoms with Crippen molar-refractivity contribution >= 4 is 23.2 Å². The van der Waals surface area contributed by atoms with Crippen molar-refractivity contribution in [3.05, 3.63) is 29.8 Å². The molecule has 0 aliphatic rings. The summed E-state index contributed by atoms with van der Waals surface area (Å²) in [5, 5.41) is 5.00. The Hall–Kier alpha value is -1.86. The number of rotatable bonds is 8. The molecule has 23 heavy (non-hydrogen) atoms. The molecule has 0 unspecified atom stereocenters. The van der Waals surface area contributed by atoms with Crippen molar-refractivity contribution < 1.29 is 14.3 Å². The van der Waals surface area contributed by atoms with E-state index in [1.807, 2.05) is 31.2 Å². The summed E-state index contributed by atoms with van der Waals surface area (Å²) in [6.07, 6.45) is 1.10. The van der Waals surface area contributed by atoms with Gasteiger partial charge in [0.1, 0.15) is 5.75 Å². The number of hydrazine groups is 1. The SMILES string of the molecule is COCCCNC(=S)N(C)NC(=O)CCOc1ccc(C)cc1. The van der Waals surface area contributed by atoms with Crippen molar-refractivity contribution in [2.75, 3.05) is 33.9 Å². The quantitative estimate of drug-likeness (QED) is 0.426. The van der Waals surface area contributed by atoms with Crippen molar-refractivity contribution in [3.63, 3.8) is 0 Å². The largest absolute Gasteiger partial charge is 0.493 e. The molecule has 1 rings (SSSR count). The predicted molar refractivity (Wildman–Crippen MR) is 94.3 cm³/mol. The van der Waals surface area contributed by atoms with Crippen LogP contribution in [0, 0.1) is 6.92 Å². The molecule has 1 amide bonds. The minimum atomic E-state index is -0.152. The maximum absolute atomic E-state index is 11.8. The average molecular weight is 339 g/mol. The Balaban J connectivity index is 2.19. The molecule has 0 aliphatic heterocycles. The second-order valence-electron chi connectivity index (χ2n) is 5.08. The molecule has 1 aromatic rings. The van der Waals surface area contributed by atoms with E-state index < -0.39 is 0 Å². The van der Waals surface area contributed by atoms with Crippen LogP contribution in [0.25, 0.3) is 0 Å². The first kappa shape index (κ1) is 19.2. The minimum Gasteiger partial charge on any atom is -0.493 e. The summed E-state index contributed by atoms with van der Waals surface area (Å²) in [4.78, 5) is 11.8. The van der Waals surface area contributed by atoms with Gasteiger partial charge < -0.3 is 14.8 Å². The number of aryl methyl sites for hydroxylation is 1. The van der Waals surface area contributed by atoms with E-state index in [1.54, 1.807) is 14.2 Å². The normalized spacial score (nSPS) is 10.0. The lowest BCUT2D eigenvalue weighted by molar-refractivity contribution is -0.124. The molecule has 0 radical (unpaired) electrons. The topological polar surface area (TPSA) is 62.8 Å². The number of carbonyl (C=O) groups excluding carboxylic acids is 1. The summed E-state index contributed by atoms with van der Waals surface area (Å²) in [6.45, 7) is 3.70. The highest BCUT2D eigenvalue weighted by Gasteiger charge is 2.08. The lowest BCUT2D eigenvalue weighted by atomic mass is 10.2. The Bertz CT molecular complexity index is 494.